The molecule has 3 aromatic rings. The maximum atomic E-state index is 13.5. The van der Waals surface area contributed by atoms with E-state index in [1.165, 1.54) is 17.0 Å². The van der Waals surface area contributed by atoms with Crippen LogP contribution in [0.4, 0.5) is 37.7 Å². The first-order valence-corrected chi connectivity index (χ1v) is 12.1. The van der Waals surface area contributed by atoms with Crippen LogP contribution in [0.3, 0.4) is 0 Å². The summed E-state index contributed by atoms with van der Waals surface area (Å²) in [7, 11) is 0. The molecule has 1 heterocycles. The number of alkyl halides is 6. The highest BCUT2D eigenvalue weighted by molar-refractivity contribution is 6.31. The van der Waals surface area contributed by atoms with Crippen molar-refractivity contribution in [2.45, 2.75) is 44.4 Å². The van der Waals surface area contributed by atoms with Crippen molar-refractivity contribution in [3.8, 4) is 0 Å². The van der Waals surface area contributed by atoms with Gasteiger partial charge < -0.3 is 14.9 Å². The molecule has 3 nitrogen and oxygen atoms in total. The Labute approximate surface area is 215 Å². The van der Waals surface area contributed by atoms with Gasteiger partial charge in [-0.15, -0.1) is 0 Å². The average Bonchev–Trinajstić information content (AvgIpc) is 2.85. The van der Waals surface area contributed by atoms with Gasteiger partial charge in [0.2, 0.25) is 0 Å². The van der Waals surface area contributed by atoms with Gasteiger partial charge in [-0.2, -0.15) is 26.3 Å². The van der Waals surface area contributed by atoms with Crippen LogP contribution in [0.25, 0.3) is 0 Å². The minimum absolute atomic E-state index is 0.104. The van der Waals surface area contributed by atoms with Gasteiger partial charge >= 0.3 is 12.4 Å². The Morgan fingerprint density at radius 2 is 1.65 bits per heavy atom. The summed E-state index contributed by atoms with van der Waals surface area (Å²) in [6, 6.07) is 16.1. The lowest BCUT2D eigenvalue weighted by Crippen LogP contribution is -2.49. The highest BCUT2D eigenvalue weighted by Gasteiger charge is 2.42. The van der Waals surface area contributed by atoms with E-state index in [-0.39, 0.29) is 12.1 Å². The zero-order chi connectivity index (χ0) is 27.0. The number of nitrogens with zero attached hydrogens (tertiary/aromatic N) is 2. The average molecular weight is 543 g/mol. The summed E-state index contributed by atoms with van der Waals surface area (Å²) in [4.78, 5) is 3.28. The van der Waals surface area contributed by atoms with Crippen molar-refractivity contribution < 1.29 is 31.4 Å². The van der Waals surface area contributed by atoms with Gasteiger partial charge in [0.1, 0.15) is 0 Å². The summed E-state index contributed by atoms with van der Waals surface area (Å²) in [5.74, 6) is 0. The van der Waals surface area contributed by atoms with E-state index in [1.54, 1.807) is 30.3 Å². The largest absolute Gasteiger partial charge is 0.416 e. The smallest absolute Gasteiger partial charge is 0.382 e. The van der Waals surface area contributed by atoms with Crippen LogP contribution in [0.5, 0.6) is 0 Å². The first-order valence-electron chi connectivity index (χ1n) is 11.7. The second kappa shape index (κ2) is 10.5. The summed E-state index contributed by atoms with van der Waals surface area (Å²) in [5.41, 5.74) is 2.17. The molecule has 10 heteroatoms. The fourth-order valence-corrected chi connectivity index (χ4v) is 4.89. The third-order valence-corrected chi connectivity index (χ3v) is 6.88. The molecule has 0 amide bonds. The maximum Gasteiger partial charge on any atom is 0.416 e. The highest BCUT2D eigenvalue weighted by Crippen LogP contribution is 2.43. The van der Waals surface area contributed by atoms with E-state index in [2.05, 4.69) is 0 Å². The third kappa shape index (κ3) is 5.99. The van der Waals surface area contributed by atoms with Gasteiger partial charge in [-0.25, -0.2) is 0 Å². The monoisotopic (exact) mass is 542 g/mol. The van der Waals surface area contributed by atoms with Crippen LogP contribution in [0.15, 0.2) is 66.7 Å². The molecule has 0 saturated heterocycles. The van der Waals surface area contributed by atoms with E-state index in [0.29, 0.717) is 29.4 Å². The molecular weight excluding hydrogens is 518 g/mol. The van der Waals surface area contributed by atoms with Crippen LogP contribution in [-0.2, 0) is 19.1 Å². The molecule has 0 radical (unpaired) electrons. The summed E-state index contributed by atoms with van der Waals surface area (Å²) >= 11 is 6.25. The number of para-hydroxylation sites is 2. The second-order valence-corrected chi connectivity index (χ2v) is 9.40. The summed E-state index contributed by atoms with van der Waals surface area (Å²) in [6.07, 6.45) is -11.5. The number of aliphatic hydroxyl groups excluding tert-OH is 1. The lowest BCUT2D eigenvalue weighted by molar-refractivity contribution is -0.200. The van der Waals surface area contributed by atoms with Crippen molar-refractivity contribution in [2.24, 2.45) is 0 Å². The molecular formula is C27H25ClF6N2O. The molecule has 1 N–H and O–H groups in total. The Bertz CT molecular complexity index is 1250. The number of aliphatic hydroxyl groups is 1. The molecule has 0 aliphatic carbocycles. The lowest BCUT2D eigenvalue weighted by Gasteiger charge is -2.46. The number of fused-ring (bicyclic) bond motifs is 1. The Morgan fingerprint density at radius 3 is 2.30 bits per heavy atom. The minimum atomic E-state index is -4.88. The second-order valence-electron chi connectivity index (χ2n) is 9.00. The van der Waals surface area contributed by atoms with Crippen LogP contribution in [-0.4, -0.2) is 30.5 Å². The van der Waals surface area contributed by atoms with Crippen molar-refractivity contribution in [3.05, 3.63) is 94.0 Å². The molecule has 3 aromatic carbocycles. The lowest BCUT2D eigenvalue weighted by atomic mass is 9.96. The van der Waals surface area contributed by atoms with Gasteiger partial charge in [0, 0.05) is 18.1 Å². The maximum absolute atomic E-state index is 13.5. The molecule has 1 aliphatic heterocycles. The zero-order valence-corrected chi connectivity index (χ0v) is 20.6. The number of hydrogen-bond donors (Lipinski definition) is 1. The van der Waals surface area contributed by atoms with E-state index in [0.717, 1.165) is 23.3 Å². The third-order valence-electron chi connectivity index (χ3n) is 6.51. The van der Waals surface area contributed by atoms with Crippen LogP contribution >= 0.6 is 11.6 Å². The molecule has 198 valence electrons. The molecule has 0 aromatic heterocycles. The highest BCUT2D eigenvalue weighted by atomic mass is 35.5. The normalized spacial score (nSPS) is 17.1. The van der Waals surface area contributed by atoms with Crippen molar-refractivity contribution in [2.75, 3.05) is 22.9 Å². The number of aryl methyl sites for hydroxylation is 1. The molecule has 2 atom stereocenters. The number of β-amino-alcohol motifs (C(OH)–C–C–N with tert-alkyl or cyclic N) is 1. The number of anilines is 2. The minimum Gasteiger partial charge on any atom is -0.382 e. The van der Waals surface area contributed by atoms with Crippen LogP contribution in [0.2, 0.25) is 5.02 Å². The molecule has 0 saturated carbocycles. The Kier molecular flexibility index (Phi) is 7.67. The van der Waals surface area contributed by atoms with Gasteiger partial charge in [0.15, 0.2) is 6.10 Å². The predicted molar refractivity (Wildman–Crippen MR) is 132 cm³/mol. The van der Waals surface area contributed by atoms with E-state index in [9.17, 15) is 31.4 Å². The topological polar surface area (TPSA) is 26.7 Å². The van der Waals surface area contributed by atoms with Crippen molar-refractivity contribution in [1.82, 2.24) is 0 Å². The van der Waals surface area contributed by atoms with Crippen LogP contribution < -0.4 is 9.80 Å². The van der Waals surface area contributed by atoms with Gasteiger partial charge in [-0.1, -0.05) is 54.9 Å². The molecule has 0 bridgehead atoms. The number of hydrogen-bond acceptors (Lipinski definition) is 3. The fraction of sp³-hybridized carbons (Fsp3) is 0.333. The standard InChI is InChI=1S/C27H25ClF6N2O/c1-2-18-12-17(10-11-21(18)28)14-35-15-24(19-6-5-7-20(13-19)26(29,30)31)36(16-25(37)27(32,33)34)23-9-4-3-8-22(23)35/h3-13,24-25,37H,2,14-16H2,1H3/t24?,25-/m1/s1. The molecule has 37 heavy (non-hydrogen) atoms. The van der Waals surface area contributed by atoms with Crippen LogP contribution in [0.1, 0.15) is 35.2 Å². The van der Waals surface area contributed by atoms with Crippen molar-refractivity contribution in [1.29, 1.82) is 0 Å². The van der Waals surface area contributed by atoms with Crippen LogP contribution in [0, 0.1) is 0 Å². The molecule has 0 fully saturated rings. The number of halogens is 7. The quantitative estimate of drug-likeness (QED) is 0.329. The first kappa shape index (κ1) is 27.1. The van der Waals surface area contributed by atoms with Crippen molar-refractivity contribution in [3.63, 3.8) is 0 Å². The molecule has 1 aliphatic rings. The predicted octanol–water partition coefficient (Wildman–Crippen LogP) is 7.41. The van der Waals surface area contributed by atoms with E-state index in [1.807, 2.05) is 24.0 Å². The van der Waals surface area contributed by atoms with Gasteiger partial charge in [0.25, 0.3) is 0 Å². The van der Waals surface area contributed by atoms with E-state index < -0.39 is 36.6 Å². The van der Waals surface area contributed by atoms with Gasteiger partial charge in [-0.05, 0) is 53.4 Å². The number of rotatable bonds is 6. The molecule has 0 spiro atoms. The Hall–Kier alpha value is -2.91. The fourth-order valence-electron chi connectivity index (χ4n) is 4.64. The van der Waals surface area contributed by atoms with Gasteiger partial charge in [-0.3, -0.25) is 0 Å². The first-order chi connectivity index (χ1) is 17.4. The summed E-state index contributed by atoms with van der Waals surface area (Å²) < 4.78 is 80.5. The summed E-state index contributed by atoms with van der Waals surface area (Å²) in [5, 5.41) is 10.5. The SMILES string of the molecule is CCc1cc(CN2CC(c3cccc(C(F)(F)F)c3)N(C[C@@H](O)C(F)(F)F)c3ccccc32)ccc1Cl. The Morgan fingerprint density at radius 1 is 0.946 bits per heavy atom. The van der Waals surface area contributed by atoms with Crippen molar-refractivity contribution >= 4 is 23.0 Å². The molecule has 1 unspecified atom stereocenters. The summed E-state index contributed by atoms with van der Waals surface area (Å²) in [6.45, 7) is 1.62. The molecule has 4 rings (SSSR count). The van der Waals surface area contributed by atoms with E-state index >= 15 is 0 Å². The Balaban J connectivity index is 1.79. The van der Waals surface area contributed by atoms with E-state index in [4.69, 9.17) is 11.6 Å². The zero-order valence-electron chi connectivity index (χ0n) is 19.8. The number of benzene rings is 3. The van der Waals surface area contributed by atoms with Gasteiger partial charge in [0.05, 0.1) is 29.5 Å².